The molecule has 0 saturated heterocycles. The van der Waals surface area contributed by atoms with Crippen molar-refractivity contribution in [1.82, 2.24) is 15.6 Å². The van der Waals surface area contributed by atoms with E-state index in [2.05, 4.69) is 22.5 Å². The maximum atomic E-state index is 11.8. The summed E-state index contributed by atoms with van der Waals surface area (Å²) >= 11 is 0. The van der Waals surface area contributed by atoms with Crippen molar-refractivity contribution in [2.75, 3.05) is 7.11 Å². The predicted molar refractivity (Wildman–Crippen MR) is 84.4 cm³/mol. The lowest BCUT2D eigenvalue weighted by Gasteiger charge is -2.14. The molecule has 2 amide bonds. The second-order valence-electron chi connectivity index (χ2n) is 5.29. The summed E-state index contributed by atoms with van der Waals surface area (Å²) in [6.07, 6.45) is 7.63. The SMILES string of the molecule is CCCCCCC(C)NC(=O)NCc1ccc(OC)nc1. The van der Waals surface area contributed by atoms with Gasteiger partial charge in [0.1, 0.15) is 0 Å². The highest BCUT2D eigenvalue weighted by Crippen LogP contribution is 2.07. The van der Waals surface area contributed by atoms with Crippen LogP contribution in [0.2, 0.25) is 0 Å². The molecular formula is C16H27N3O2. The Morgan fingerprint density at radius 1 is 1.33 bits per heavy atom. The molecule has 2 N–H and O–H groups in total. The lowest BCUT2D eigenvalue weighted by Crippen LogP contribution is -2.40. The van der Waals surface area contributed by atoms with Crippen molar-refractivity contribution < 1.29 is 9.53 Å². The molecule has 0 bridgehead atoms. The normalized spacial score (nSPS) is 11.8. The van der Waals surface area contributed by atoms with E-state index >= 15 is 0 Å². The van der Waals surface area contributed by atoms with Crippen LogP contribution in [0.4, 0.5) is 4.79 Å². The molecule has 0 saturated carbocycles. The van der Waals surface area contributed by atoms with Crippen LogP contribution < -0.4 is 15.4 Å². The third kappa shape index (κ3) is 7.54. The topological polar surface area (TPSA) is 63.2 Å². The van der Waals surface area contributed by atoms with Gasteiger partial charge in [-0.1, -0.05) is 38.7 Å². The summed E-state index contributed by atoms with van der Waals surface area (Å²) in [6, 6.07) is 3.75. The second-order valence-corrected chi connectivity index (χ2v) is 5.29. The number of unbranched alkanes of at least 4 members (excludes halogenated alkanes) is 3. The molecule has 21 heavy (non-hydrogen) atoms. The molecule has 118 valence electrons. The minimum atomic E-state index is -0.131. The van der Waals surface area contributed by atoms with Crippen LogP contribution in [0.15, 0.2) is 18.3 Å². The molecule has 1 aromatic heterocycles. The first-order valence-electron chi connectivity index (χ1n) is 7.69. The molecule has 0 aliphatic heterocycles. The monoisotopic (exact) mass is 293 g/mol. The van der Waals surface area contributed by atoms with Gasteiger partial charge in [-0.2, -0.15) is 0 Å². The van der Waals surface area contributed by atoms with Gasteiger partial charge in [0.2, 0.25) is 5.88 Å². The van der Waals surface area contributed by atoms with E-state index in [0.717, 1.165) is 18.4 Å². The highest BCUT2D eigenvalue weighted by atomic mass is 16.5. The molecule has 1 atom stereocenters. The maximum absolute atomic E-state index is 11.8. The average Bonchev–Trinajstić information content (AvgIpc) is 2.50. The number of pyridine rings is 1. The fourth-order valence-electron chi connectivity index (χ4n) is 2.04. The van der Waals surface area contributed by atoms with Gasteiger partial charge in [-0.25, -0.2) is 9.78 Å². The number of ether oxygens (including phenoxy) is 1. The van der Waals surface area contributed by atoms with Crippen molar-refractivity contribution in [3.63, 3.8) is 0 Å². The van der Waals surface area contributed by atoms with Crippen molar-refractivity contribution in [3.8, 4) is 5.88 Å². The first-order chi connectivity index (χ1) is 10.2. The highest BCUT2D eigenvalue weighted by Gasteiger charge is 2.06. The summed E-state index contributed by atoms with van der Waals surface area (Å²) in [5.41, 5.74) is 0.946. The van der Waals surface area contributed by atoms with Crippen molar-refractivity contribution in [2.24, 2.45) is 0 Å². The number of rotatable bonds is 9. The van der Waals surface area contributed by atoms with Gasteiger partial charge >= 0.3 is 6.03 Å². The smallest absolute Gasteiger partial charge is 0.315 e. The number of hydrogen-bond donors (Lipinski definition) is 2. The van der Waals surface area contributed by atoms with Gasteiger partial charge in [-0.05, 0) is 18.9 Å². The summed E-state index contributed by atoms with van der Waals surface area (Å²) in [4.78, 5) is 15.9. The Morgan fingerprint density at radius 2 is 2.14 bits per heavy atom. The Kier molecular flexibility index (Phi) is 8.24. The number of carbonyl (C=O) groups excluding carboxylic acids is 1. The van der Waals surface area contributed by atoms with Crippen LogP contribution in [0.1, 0.15) is 51.5 Å². The van der Waals surface area contributed by atoms with Crippen LogP contribution in [0.5, 0.6) is 5.88 Å². The summed E-state index contributed by atoms with van der Waals surface area (Å²) in [5, 5.41) is 5.79. The van der Waals surface area contributed by atoms with E-state index in [1.165, 1.54) is 19.3 Å². The summed E-state index contributed by atoms with van der Waals surface area (Å²) in [5.74, 6) is 0.573. The van der Waals surface area contributed by atoms with Gasteiger partial charge in [-0.3, -0.25) is 0 Å². The number of carbonyl (C=O) groups is 1. The third-order valence-electron chi connectivity index (χ3n) is 3.33. The molecule has 0 aliphatic carbocycles. The van der Waals surface area contributed by atoms with E-state index in [9.17, 15) is 4.79 Å². The third-order valence-corrected chi connectivity index (χ3v) is 3.33. The number of hydrogen-bond acceptors (Lipinski definition) is 3. The van der Waals surface area contributed by atoms with Crippen LogP contribution in [0.3, 0.4) is 0 Å². The molecule has 0 fully saturated rings. The van der Waals surface area contributed by atoms with Crippen LogP contribution in [-0.4, -0.2) is 24.2 Å². The van der Waals surface area contributed by atoms with E-state index in [0.29, 0.717) is 12.4 Å². The number of nitrogens with zero attached hydrogens (tertiary/aromatic N) is 1. The first kappa shape index (κ1) is 17.3. The van der Waals surface area contributed by atoms with Gasteiger partial charge < -0.3 is 15.4 Å². The van der Waals surface area contributed by atoms with Gasteiger partial charge in [-0.15, -0.1) is 0 Å². The van der Waals surface area contributed by atoms with Gasteiger partial charge in [0.05, 0.1) is 7.11 Å². The Balaban J connectivity index is 2.20. The van der Waals surface area contributed by atoms with E-state index in [-0.39, 0.29) is 12.1 Å². The molecule has 1 rings (SSSR count). The lowest BCUT2D eigenvalue weighted by atomic mass is 10.1. The minimum absolute atomic E-state index is 0.131. The summed E-state index contributed by atoms with van der Waals surface area (Å²) < 4.78 is 4.99. The van der Waals surface area contributed by atoms with Crippen LogP contribution in [-0.2, 0) is 6.54 Å². The molecule has 5 heteroatoms. The van der Waals surface area contributed by atoms with E-state index in [4.69, 9.17) is 4.74 Å². The van der Waals surface area contributed by atoms with Crippen LogP contribution >= 0.6 is 0 Å². The fraction of sp³-hybridized carbons (Fsp3) is 0.625. The fourth-order valence-corrected chi connectivity index (χ4v) is 2.04. The van der Waals surface area contributed by atoms with E-state index in [1.807, 2.05) is 13.0 Å². The number of nitrogens with one attached hydrogen (secondary N) is 2. The quantitative estimate of drug-likeness (QED) is 0.687. The average molecular weight is 293 g/mol. The van der Waals surface area contributed by atoms with Crippen molar-refractivity contribution in [1.29, 1.82) is 0 Å². The summed E-state index contributed by atoms with van der Waals surface area (Å²) in [6.45, 7) is 4.70. The molecular weight excluding hydrogens is 266 g/mol. The standard InChI is InChI=1S/C16H27N3O2/c1-4-5-6-7-8-13(2)19-16(20)18-12-14-9-10-15(21-3)17-11-14/h9-11,13H,4-8,12H2,1-3H3,(H2,18,19,20). The molecule has 1 unspecified atom stereocenters. The zero-order valence-electron chi connectivity index (χ0n) is 13.3. The highest BCUT2D eigenvalue weighted by molar-refractivity contribution is 5.74. The van der Waals surface area contributed by atoms with Crippen molar-refractivity contribution in [3.05, 3.63) is 23.9 Å². The summed E-state index contributed by atoms with van der Waals surface area (Å²) in [7, 11) is 1.58. The Hall–Kier alpha value is -1.78. The molecule has 0 aromatic carbocycles. The molecule has 1 heterocycles. The Bertz CT molecular complexity index is 406. The second kappa shape index (κ2) is 10.0. The molecule has 5 nitrogen and oxygen atoms in total. The van der Waals surface area contributed by atoms with Crippen molar-refractivity contribution in [2.45, 2.75) is 58.5 Å². The van der Waals surface area contributed by atoms with E-state index < -0.39 is 0 Å². The Labute approximate surface area is 127 Å². The predicted octanol–water partition coefficient (Wildman–Crippen LogP) is 3.25. The molecule has 0 spiro atoms. The zero-order chi connectivity index (χ0) is 15.5. The van der Waals surface area contributed by atoms with Gasteiger partial charge in [0.25, 0.3) is 0 Å². The van der Waals surface area contributed by atoms with Crippen LogP contribution in [0.25, 0.3) is 0 Å². The first-order valence-corrected chi connectivity index (χ1v) is 7.69. The number of methoxy groups -OCH3 is 1. The van der Waals surface area contributed by atoms with Crippen LogP contribution in [0, 0.1) is 0 Å². The number of urea groups is 1. The maximum Gasteiger partial charge on any atom is 0.315 e. The van der Waals surface area contributed by atoms with E-state index in [1.54, 1.807) is 19.4 Å². The van der Waals surface area contributed by atoms with Gasteiger partial charge in [0.15, 0.2) is 0 Å². The number of amides is 2. The minimum Gasteiger partial charge on any atom is -0.481 e. The van der Waals surface area contributed by atoms with Crippen molar-refractivity contribution >= 4 is 6.03 Å². The van der Waals surface area contributed by atoms with Gasteiger partial charge in [0, 0.05) is 24.8 Å². The zero-order valence-corrected chi connectivity index (χ0v) is 13.3. The number of aromatic nitrogens is 1. The molecule has 1 aromatic rings. The largest absolute Gasteiger partial charge is 0.481 e. The molecule has 0 radical (unpaired) electrons. The molecule has 0 aliphatic rings. The Morgan fingerprint density at radius 3 is 2.76 bits per heavy atom. The lowest BCUT2D eigenvalue weighted by molar-refractivity contribution is 0.236.